The van der Waals surface area contributed by atoms with E-state index >= 15 is 0 Å². The molecule has 1 unspecified atom stereocenters. The molecule has 4 nitrogen and oxygen atoms in total. The van der Waals surface area contributed by atoms with Crippen LogP contribution in [0.3, 0.4) is 0 Å². The predicted octanol–water partition coefficient (Wildman–Crippen LogP) is 1.90. The molecule has 2 rings (SSSR count). The summed E-state index contributed by atoms with van der Waals surface area (Å²) in [4.78, 5) is 25.3. The van der Waals surface area contributed by atoms with E-state index in [2.05, 4.69) is 0 Å². The van der Waals surface area contributed by atoms with Gasteiger partial charge in [-0.15, -0.1) is 0 Å². The second kappa shape index (κ2) is 5.87. The molecule has 1 heterocycles. The minimum absolute atomic E-state index is 0.0364. The number of phenolic OH excluding ortho intramolecular Hbond substituents is 1. The van der Waals surface area contributed by atoms with Crippen LogP contribution in [0.5, 0.6) is 5.75 Å². The highest BCUT2D eigenvalue weighted by Gasteiger charge is 2.29. The molecule has 1 fully saturated rings. The maximum absolute atomic E-state index is 12.3. The number of rotatable bonds is 4. The van der Waals surface area contributed by atoms with E-state index in [1.807, 2.05) is 11.0 Å². The number of aromatic hydroxyl groups is 1. The average Bonchev–Trinajstić information content (AvgIpc) is 2.76. The molecule has 1 saturated heterocycles. The Labute approximate surface area is 113 Å². The summed E-state index contributed by atoms with van der Waals surface area (Å²) in [5.74, 6) is 0.336. The number of carbonyl (C=O) groups is 2. The first-order valence-corrected chi connectivity index (χ1v) is 6.63. The molecule has 4 heteroatoms. The first-order valence-electron chi connectivity index (χ1n) is 6.63. The van der Waals surface area contributed by atoms with Crippen LogP contribution in [0.4, 0.5) is 0 Å². The maximum Gasteiger partial charge on any atom is 0.227 e. The van der Waals surface area contributed by atoms with E-state index in [1.165, 1.54) is 0 Å². The molecule has 1 amide bonds. The minimum Gasteiger partial charge on any atom is -0.508 e. The van der Waals surface area contributed by atoms with Crippen LogP contribution in [-0.2, 0) is 16.0 Å². The fourth-order valence-electron chi connectivity index (χ4n) is 2.65. The Kier molecular flexibility index (Phi) is 4.20. The van der Waals surface area contributed by atoms with Crippen LogP contribution in [0.25, 0.3) is 0 Å². The van der Waals surface area contributed by atoms with Crippen molar-refractivity contribution in [3.63, 3.8) is 0 Å². The predicted molar refractivity (Wildman–Crippen MR) is 71.8 cm³/mol. The first kappa shape index (κ1) is 13.6. The van der Waals surface area contributed by atoms with Crippen molar-refractivity contribution in [1.29, 1.82) is 0 Å². The third kappa shape index (κ3) is 3.56. The summed E-state index contributed by atoms with van der Waals surface area (Å²) < 4.78 is 0. The van der Waals surface area contributed by atoms with Gasteiger partial charge in [-0.05, 0) is 37.5 Å². The number of benzene rings is 1. The first-order chi connectivity index (χ1) is 9.06. The third-order valence-corrected chi connectivity index (χ3v) is 3.49. The van der Waals surface area contributed by atoms with Gasteiger partial charge in [0, 0.05) is 19.0 Å². The summed E-state index contributed by atoms with van der Waals surface area (Å²) in [7, 11) is 0. The lowest BCUT2D eigenvalue weighted by Crippen LogP contribution is -2.37. The molecule has 0 saturated carbocycles. The standard InChI is InChI=1S/C15H19NO3/c1-11(17)8-13-5-3-7-16(13)15(19)10-12-4-2-6-14(18)9-12/h2,4,6,9,13,18H,3,5,7-8,10H2,1H3. The highest BCUT2D eigenvalue weighted by molar-refractivity contribution is 5.81. The molecular formula is C15H19NO3. The molecule has 0 bridgehead atoms. The number of likely N-dealkylation sites (tertiary alicyclic amines) is 1. The van der Waals surface area contributed by atoms with Crippen molar-refractivity contribution < 1.29 is 14.7 Å². The molecular weight excluding hydrogens is 242 g/mol. The fraction of sp³-hybridized carbons (Fsp3) is 0.467. The number of nitrogens with zero attached hydrogens (tertiary/aromatic N) is 1. The Bertz CT molecular complexity index is 484. The second-order valence-corrected chi connectivity index (χ2v) is 5.14. The number of amides is 1. The summed E-state index contributed by atoms with van der Waals surface area (Å²) in [6, 6.07) is 6.81. The minimum atomic E-state index is 0.0364. The number of ketones is 1. The van der Waals surface area contributed by atoms with Crippen molar-refractivity contribution >= 4 is 11.7 Å². The summed E-state index contributed by atoms with van der Waals surface area (Å²) in [6.07, 6.45) is 2.60. The van der Waals surface area contributed by atoms with E-state index in [1.54, 1.807) is 25.1 Å². The van der Waals surface area contributed by atoms with Gasteiger partial charge < -0.3 is 10.0 Å². The summed E-state index contributed by atoms with van der Waals surface area (Å²) in [6.45, 7) is 2.30. The highest BCUT2D eigenvalue weighted by atomic mass is 16.3. The van der Waals surface area contributed by atoms with Crippen LogP contribution >= 0.6 is 0 Å². The van der Waals surface area contributed by atoms with E-state index in [4.69, 9.17) is 0 Å². The SMILES string of the molecule is CC(=O)CC1CCCN1C(=O)Cc1cccc(O)c1. The topological polar surface area (TPSA) is 57.6 Å². The largest absolute Gasteiger partial charge is 0.508 e. The van der Waals surface area contributed by atoms with Crippen molar-refractivity contribution in [1.82, 2.24) is 4.90 Å². The zero-order chi connectivity index (χ0) is 13.8. The van der Waals surface area contributed by atoms with E-state index in [0.717, 1.165) is 24.9 Å². The van der Waals surface area contributed by atoms with Crippen molar-refractivity contribution in [2.45, 2.75) is 38.6 Å². The molecule has 1 atom stereocenters. The second-order valence-electron chi connectivity index (χ2n) is 5.14. The molecule has 0 radical (unpaired) electrons. The quantitative estimate of drug-likeness (QED) is 0.900. The lowest BCUT2D eigenvalue weighted by molar-refractivity contribution is -0.132. The van der Waals surface area contributed by atoms with E-state index in [-0.39, 0.29) is 29.9 Å². The average molecular weight is 261 g/mol. The molecule has 19 heavy (non-hydrogen) atoms. The molecule has 1 aromatic carbocycles. The summed E-state index contributed by atoms with van der Waals surface area (Å²) in [5.41, 5.74) is 0.804. The van der Waals surface area contributed by atoms with Crippen molar-refractivity contribution in [2.24, 2.45) is 0 Å². The molecule has 1 N–H and O–H groups in total. The Morgan fingerprint density at radius 1 is 1.42 bits per heavy atom. The van der Waals surface area contributed by atoms with Gasteiger partial charge in [0.05, 0.1) is 6.42 Å². The fourth-order valence-corrected chi connectivity index (χ4v) is 2.65. The van der Waals surface area contributed by atoms with Crippen molar-refractivity contribution in [3.05, 3.63) is 29.8 Å². The van der Waals surface area contributed by atoms with Gasteiger partial charge in [-0.2, -0.15) is 0 Å². The Hall–Kier alpha value is -1.84. The van der Waals surface area contributed by atoms with Gasteiger partial charge in [-0.25, -0.2) is 0 Å². The Morgan fingerprint density at radius 3 is 2.89 bits per heavy atom. The normalized spacial score (nSPS) is 18.6. The molecule has 1 aliphatic heterocycles. The van der Waals surface area contributed by atoms with Crippen molar-refractivity contribution in [2.75, 3.05) is 6.54 Å². The summed E-state index contributed by atoms with van der Waals surface area (Å²) in [5, 5.41) is 9.39. The zero-order valence-corrected chi connectivity index (χ0v) is 11.1. The number of carbonyl (C=O) groups excluding carboxylic acids is 2. The van der Waals surface area contributed by atoms with Crippen molar-refractivity contribution in [3.8, 4) is 5.75 Å². The van der Waals surface area contributed by atoms with E-state index < -0.39 is 0 Å². The van der Waals surface area contributed by atoms with Gasteiger partial charge >= 0.3 is 0 Å². The van der Waals surface area contributed by atoms with Gasteiger partial charge in [-0.1, -0.05) is 12.1 Å². The van der Waals surface area contributed by atoms with Gasteiger partial charge in [0.1, 0.15) is 11.5 Å². The molecule has 1 aromatic rings. The third-order valence-electron chi connectivity index (χ3n) is 3.49. The molecule has 0 aliphatic carbocycles. The Balaban J connectivity index is 2.01. The number of Topliss-reactive ketones (excluding diaryl/α,β-unsaturated/α-hetero) is 1. The molecule has 0 aromatic heterocycles. The van der Waals surface area contributed by atoms with Gasteiger partial charge in [0.2, 0.25) is 5.91 Å². The van der Waals surface area contributed by atoms with Gasteiger partial charge in [0.25, 0.3) is 0 Å². The number of hydrogen-bond acceptors (Lipinski definition) is 3. The van der Waals surface area contributed by atoms with Crippen LogP contribution in [0.2, 0.25) is 0 Å². The van der Waals surface area contributed by atoms with E-state index in [9.17, 15) is 14.7 Å². The lowest BCUT2D eigenvalue weighted by Gasteiger charge is -2.24. The van der Waals surface area contributed by atoms with Crippen LogP contribution in [0, 0.1) is 0 Å². The monoisotopic (exact) mass is 261 g/mol. The maximum atomic E-state index is 12.3. The zero-order valence-electron chi connectivity index (χ0n) is 11.1. The lowest BCUT2D eigenvalue weighted by atomic mass is 10.1. The van der Waals surface area contributed by atoms with Crippen LogP contribution in [0.15, 0.2) is 24.3 Å². The summed E-state index contributed by atoms with van der Waals surface area (Å²) >= 11 is 0. The Morgan fingerprint density at radius 2 is 2.21 bits per heavy atom. The van der Waals surface area contributed by atoms with Crippen LogP contribution in [0.1, 0.15) is 31.7 Å². The smallest absolute Gasteiger partial charge is 0.227 e. The highest BCUT2D eigenvalue weighted by Crippen LogP contribution is 2.22. The van der Waals surface area contributed by atoms with Crippen LogP contribution in [-0.4, -0.2) is 34.3 Å². The van der Waals surface area contributed by atoms with Gasteiger partial charge in [-0.3, -0.25) is 9.59 Å². The van der Waals surface area contributed by atoms with Gasteiger partial charge in [0.15, 0.2) is 0 Å². The molecule has 1 aliphatic rings. The molecule has 0 spiro atoms. The number of hydrogen-bond donors (Lipinski definition) is 1. The number of phenols is 1. The van der Waals surface area contributed by atoms with Crippen LogP contribution < -0.4 is 0 Å². The molecule has 102 valence electrons. The van der Waals surface area contributed by atoms with E-state index in [0.29, 0.717) is 6.42 Å².